The van der Waals surface area contributed by atoms with E-state index in [0.29, 0.717) is 33.9 Å². The first-order chi connectivity index (χ1) is 18.0. The predicted octanol–water partition coefficient (Wildman–Crippen LogP) is 0.228. The summed E-state index contributed by atoms with van der Waals surface area (Å²) < 4.78 is 5.47. The zero-order valence-corrected chi connectivity index (χ0v) is 22.9. The number of piperazine rings is 2. The average Bonchev–Trinajstić information content (AvgIpc) is 2.91. The number of hydrogen-bond acceptors (Lipinski definition) is 12. The molecule has 0 amide bonds. The van der Waals surface area contributed by atoms with E-state index < -0.39 is 0 Å². The Morgan fingerprint density at radius 1 is 0.703 bits per heavy atom. The molecule has 0 bridgehead atoms. The number of aromatic nitrogens is 4. The van der Waals surface area contributed by atoms with Crippen molar-refractivity contribution in [1.29, 1.82) is 0 Å². The number of anilines is 3. The van der Waals surface area contributed by atoms with Gasteiger partial charge in [0.2, 0.25) is 5.95 Å². The molecule has 0 atom stereocenters. The quantitative estimate of drug-likeness (QED) is 0.461. The first-order valence-corrected chi connectivity index (χ1v) is 13.8. The minimum atomic E-state index is 0.345. The van der Waals surface area contributed by atoms with Crippen molar-refractivity contribution < 1.29 is 4.74 Å². The highest BCUT2D eigenvalue weighted by Crippen LogP contribution is 2.26. The van der Waals surface area contributed by atoms with E-state index in [-0.39, 0.29) is 0 Å². The molecule has 3 aliphatic heterocycles. The van der Waals surface area contributed by atoms with Gasteiger partial charge in [-0.3, -0.25) is 9.80 Å². The summed E-state index contributed by atoms with van der Waals surface area (Å²) in [6.45, 7) is 14.9. The van der Waals surface area contributed by atoms with E-state index >= 15 is 0 Å². The molecule has 0 spiro atoms. The van der Waals surface area contributed by atoms with Crippen LogP contribution in [0.1, 0.15) is 0 Å². The van der Waals surface area contributed by atoms with E-state index in [1.807, 2.05) is 0 Å². The number of halogens is 1. The van der Waals surface area contributed by atoms with Gasteiger partial charge >= 0.3 is 0 Å². The average molecular weight is 534 g/mol. The Kier molecular flexibility index (Phi) is 9.06. The van der Waals surface area contributed by atoms with Crippen LogP contribution in [0.25, 0.3) is 11.2 Å². The minimum Gasteiger partial charge on any atom is -0.379 e. The van der Waals surface area contributed by atoms with Crippen molar-refractivity contribution in [2.24, 2.45) is 0 Å². The molecule has 2 N–H and O–H groups in total. The number of rotatable bonds is 9. The Bertz CT molecular complexity index is 1020. The van der Waals surface area contributed by atoms with E-state index in [1.54, 1.807) is 0 Å². The number of hydrogen-bond donors (Lipinski definition) is 2. The van der Waals surface area contributed by atoms with Gasteiger partial charge < -0.3 is 30.1 Å². The van der Waals surface area contributed by atoms with Crippen LogP contribution in [0.3, 0.4) is 0 Å². The number of morpholine rings is 1. The van der Waals surface area contributed by atoms with Gasteiger partial charge in [0.25, 0.3) is 0 Å². The van der Waals surface area contributed by atoms with Crippen LogP contribution < -0.4 is 15.5 Å². The summed E-state index contributed by atoms with van der Waals surface area (Å²) in [5, 5.41) is 7.24. The standard InChI is InChI=1S/C24H40ClN11O/c1-32-7-11-34(12-8-32)5-4-27-23-20(25)28-19-21(26-3-6-35-15-17-37-18-16-35)30-24(31-22(19)29-23)36-13-9-33(2)10-14-36/h3-18H2,1-2H3,(H2,26,27,29,30,31). The van der Waals surface area contributed by atoms with Gasteiger partial charge in [0.05, 0.1) is 13.2 Å². The number of ether oxygens (including phenoxy) is 1. The molecule has 12 nitrogen and oxygen atoms in total. The van der Waals surface area contributed by atoms with Gasteiger partial charge in [-0.2, -0.15) is 9.97 Å². The van der Waals surface area contributed by atoms with Crippen LogP contribution in [0.5, 0.6) is 0 Å². The molecule has 2 aromatic rings. The molecule has 0 saturated carbocycles. The van der Waals surface area contributed by atoms with Gasteiger partial charge in [0.1, 0.15) is 0 Å². The lowest BCUT2D eigenvalue weighted by Gasteiger charge is -2.32. The molecule has 0 unspecified atom stereocenters. The first-order valence-electron chi connectivity index (χ1n) is 13.4. The largest absolute Gasteiger partial charge is 0.379 e. The highest BCUT2D eigenvalue weighted by Gasteiger charge is 2.21. The molecule has 5 heterocycles. The summed E-state index contributed by atoms with van der Waals surface area (Å²) in [4.78, 5) is 31.0. The third-order valence-corrected chi connectivity index (χ3v) is 7.67. The monoisotopic (exact) mass is 533 g/mol. The molecule has 3 fully saturated rings. The van der Waals surface area contributed by atoms with Gasteiger partial charge in [-0.05, 0) is 14.1 Å². The summed E-state index contributed by atoms with van der Waals surface area (Å²) in [6.07, 6.45) is 0. The van der Waals surface area contributed by atoms with Gasteiger partial charge in [-0.25, -0.2) is 9.97 Å². The van der Waals surface area contributed by atoms with E-state index in [9.17, 15) is 0 Å². The fraction of sp³-hybridized carbons (Fsp3) is 0.750. The van der Waals surface area contributed by atoms with Crippen molar-refractivity contribution in [1.82, 2.24) is 39.5 Å². The van der Waals surface area contributed by atoms with Crippen LogP contribution in [0, 0.1) is 0 Å². The lowest BCUT2D eigenvalue weighted by atomic mass is 10.3. The van der Waals surface area contributed by atoms with Crippen LogP contribution in [0.15, 0.2) is 0 Å². The van der Waals surface area contributed by atoms with Crippen molar-refractivity contribution >= 4 is 40.3 Å². The lowest BCUT2D eigenvalue weighted by molar-refractivity contribution is 0.0398. The molecule has 5 rings (SSSR count). The third kappa shape index (κ3) is 7.06. The maximum absolute atomic E-state index is 6.60. The molecule has 0 aromatic carbocycles. The van der Waals surface area contributed by atoms with Crippen molar-refractivity contribution in [3.8, 4) is 0 Å². The maximum Gasteiger partial charge on any atom is 0.229 e. The second-order valence-electron chi connectivity index (χ2n) is 10.2. The van der Waals surface area contributed by atoms with Crippen LogP contribution in [0.4, 0.5) is 17.6 Å². The van der Waals surface area contributed by atoms with E-state index in [4.69, 9.17) is 31.3 Å². The van der Waals surface area contributed by atoms with E-state index in [1.165, 1.54) is 0 Å². The molecule has 0 aliphatic carbocycles. The topological polar surface area (TPSA) is 101 Å². The Morgan fingerprint density at radius 2 is 1.30 bits per heavy atom. The second-order valence-corrected chi connectivity index (χ2v) is 10.5. The van der Waals surface area contributed by atoms with Crippen LogP contribution in [-0.2, 0) is 4.74 Å². The molecule has 3 aliphatic rings. The van der Waals surface area contributed by atoms with Crippen LogP contribution >= 0.6 is 11.6 Å². The molecule has 2 aromatic heterocycles. The molecular formula is C24H40ClN11O. The Morgan fingerprint density at radius 3 is 1.97 bits per heavy atom. The zero-order valence-electron chi connectivity index (χ0n) is 22.1. The lowest BCUT2D eigenvalue weighted by Crippen LogP contribution is -2.45. The maximum atomic E-state index is 6.60. The number of nitrogens with zero attached hydrogens (tertiary/aromatic N) is 9. The first kappa shape index (κ1) is 26.5. The molecule has 3 saturated heterocycles. The fourth-order valence-electron chi connectivity index (χ4n) is 4.86. The highest BCUT2D eigenvalue weighted by molar-refractivity contribution is 6.32. The zero-order chi connectivity index (χ0) is 25.6. The summed E-state index contributed by atoms with van der Waals surface area (Å²) >= 11 is 6.60. The number of likely N-dealkylation sites (N-methyl/N-ethyl adjacent to an activating group) is 2. The van der Waals surface area contributed by atoms with Crippen molar-refractivity contribution in [3.05, 3.63) is 5.15 Å². The predicted molar refractivity (Wildman–Crippen MR) is 148 cm³/mol. The molecule has 204 valence electrons. The van der Waals surface area contributed by atoms with Gasteiger partial charge in [-0.15, -0.1) is 0 Å². The molecule has 0 radical (unpaired) electrons. The van der Waals surface area contributed by atoms with Crippen molar-refractivity contribution in [3.63, 3.8) is 0 Å². The van der Waals surface area contributed by atoms with Gasteiger partial charge in [0, 0.05) is 91.6 Å². The highest BCUT2D eigenvalue weighted by atomic mass is 35.5. The molecule has 13 heteroatoms. The normalized spacial score (nSPS) is 21.0. The Labute approximate surface area is 224 Å². The Hall–Kier alpha value is -2.09. The SMILES string of the molecule is CN1CCN(CCNc2nc3nc(N4CCN(C)CC4)nc(NCCN4CCOCC4)c3nc2Cl)CC1. The summed E-state index contributed by atoms with van der Waals surface area (Å²) in [6, 6.07) is 0. The number of fused-ring (bicyclic) bond motifs is 1. The summed E-state index contributed by atoms with van der Waals surface area (Å²) in [5.74, 6) is 1.95. The Balaban J connectivity index is 1.31. The smallest absolute Gasteiger partial charge is 0.229 e. The third-order valence-electron chi connectivity index (χ3n) is 7.40. The summed E-state index contributed by atoms with van der Waals surface area (Å²) in [7, 11) is 4.31. The number of nitrogens with one attached hydrogen (secondary N) is 2. The molecule has 37 heavy (non-hydrogen) atoms. The van der Waals surface area contributed by atoms with Crippen molar-refractivity contribution in [2.75, 3.05) is 134 Å². The summed E-state index contributed by atoms with van der Waals surface area (Å²) in [5.41, 5.74) is 1.17. The van der Waals surface area contributed by atoms with Crippen molar-refractivity contribution in [2.45, 2.75) is 0 Å². The minimum absolute atomic E-state index is 0.345. The fourth-order valence-corrected chi connectivity index (χ4v) is 5.05. The van der Waals surface area contributed by atoms with Gasteiger partial charge in [-0.1, -0.05) is 11.6 Å². The van der Waals surface area contributed by atoms with E-state index in [2.05, 4.69) is 54.2 Å². The van der Waals surface area contributed by atoms with E-state index in [0.717, 1.165) is 105 Å². The molecular weight excluding hydrogens is 494 g/mol. The second kappa shape index (κ2) is 12.6. The van der Waals surface area contributed by atoms with Crippen LogP contribution in [0.2, 0.25) is 5.15 Å². The van der Waals surface area contributed by atoms with Gasteiger partial charge in [0.15, 0.2) is 28.0 Å². The van der Waals surface area contributed by atoms with Crippen LogP contribution in [-0.4, -0.2) is 158 Å².